The molecule has 3 N–H and O–H groups in total. The second kappa shape index (κ2) is 5.18. The molecule has 0 saturated heterocycles. The number of nitrogens with two attached hydrogens (primary N) is 1. The van der Waals surface area contributed by atoms with Gasteiger partial charge in [0.1, 0.15) is 5.75 Å². The van der Waals surface area contributed by atoms with Gasteiger partial charge in [0.25, 0.3) is 0 Å². The summed E-state index contributed by atoms with van der Waals surface area (Å²) < 4.78 is 5.08. The highest BCUT2D eigenvalue weighted by atomic mass is 16.5. The van der Waals surface area contributed by atoms with Crippen LogP contribution in [0.3, 0.4) is 0 Å². The van der Waals surface area contributed by atoms with E-state index >= 15 is 0 Å². The van der Waals surface area contributed by atoms with Crippen molar-refractivity contribution in [1.29, 1.82) is 0 Å². The molecule has 0 aliphatic carbocycles. The lowest BCUT2D eigenvalue weighted by atomic mass is 10.1. The van der Waals surface area contributed by atoms with Crippen LogP contribution in [-0.2, 0) is 0 Å². The van der Waals surface area contributed by atoms with E-state index in [2.05, 4.69) is 0 Å². The molecule has 0 saturated carbocycles. The maximum Gasteiger partial charge on any atom is 0.119 e. The van der Waals surface area contributed by atoms with Gasteiger partial charge in [-0.15, -0.1) is 0 Å². The molecule has 90 valence electrons. The van der Waals surface area contributed by atoms with Crippen LogP contribution in [0.5, 0.6) is 5.75 Å². The summed E-state index contributed by atoms with van der Waals surface area (Å²) in [5.74, 6) is 0.822. The van der Waals surface area contributed by atoms with Crippen LogP contribution in [0.2, 0.25) is 0 Å². The molecule has 0 bridgehead atoms. The van der Waals surface area contributed by atoms with E-state index in [4.69, 9.17) is 10.5 Å². The van der Waals surface area contributed by atoms with Gasteiger partial charge in [-0.2, -0.15) is 0 Å². The predicted molar refractivity (Wildman–Crippen MR) is 65.9 cm³/mol. The Hall–Kier alpha value is -1.26. The van der Waals surface area contributed by atoms with Crippen LogP contribution in [-0.4, -0.2) is 38.0 Å². The van der Waals surface area contributed by atoms with Gasteiger partial charge in [-0.25, -0.2) is 0 Å². The zero-order valence-electron chi connectivity index (χ0n) is 10.1. The fraction of sp³-hybridized carbons (Fsp3) is 0.500. The first kappa shape index (κ1) is 12.8. The van der Waals surface area contributed by atoms with Crippen LogP contribution in [0.25, 0.3) is 0 Å². The van der Waals surface area contributed by atoms with E-state index in [1.54, 1.807) is 14.0 Å². The average Bonchev–Trinajstić information content (AvgIpc) is 2.28. The van der Waals surface area contributed by atoms with Crippen molar-refractivity contribution >= 4 is 5.69 Å². The Bertz CT molecular complexity index is 322. The number of anilines is 1. The molecule has 16 heavy (non-hydrogen) atoms. The molecule has 0 heterocycles. The first-order valence-corrected chi connectivity index (χ1v) is 5.26. The third-order valence-corrected chi connectivity index (χ3v) is 2.53. The van der Waals surface area contributed by atoms with Crippen molar-refractivity contribution in [3.63, 3.8) is 0 Å². The monoisotopic (exact) mass is 224 g/mol. The largest absolute Gasteiger partial charge is 0.497 e. The molecule has 1 rings (SSSR count). The Morgan fingerprint density at radius 1 is 1.38 bits per heavy atom. The van der Waals surface area contributed by atoms with Gasteiger partial charge in [0.15, 0.2) is 0 Å². The van der Waals surface area contributed by atoms with Crippen LogP contribution in [0.1, 0.15) is 6.92 Å². The zero-order valence-corrected chi connectivity index (χ0v) is 10.1. The van der Waals surface area contributed by atoms with Crippen LogP contribution in [0, 0.1) is 0 Å². The van der Waals surface area contributed by atoms with Gasteiger partial charge in [0.2, 0.25) is 0 Å². The van der Waals surface area contributed by atoms with E-state index in [-0.39, 0.29) is 6.54 Å². The molecule has 0 aromatic heterocycles. The Labute approximate surface area is 96.6 Å². The van der Waals surface area contributed by atoms with E-state index in [0.29, 0.717) is 6.54 Å². The summed E-state index contributed by atoms with van der Waals surface area (Å²) in [6.07, 6.45) is 0. The number of rotatable bonds is 5. The lowest BCUT2D eigenvalue weighted by Crippen LogP contribution is -2.44. The van der Waals surface area contributed by atoms with Gasteiger partial charge >= 0.3 is 0 Å². The molecule has 0 amide bonds. The summed E-state index contributed by atoms with van der Waals surface area (Å²) in [6.45, 7) is 2.47. The van der Waals surface area contributed by atoms with Crippen molar-refractivity contribution in [2.75, 3.05) is 32.1 Å². The highest BCUT2D eigenvalue weighted by molar-refractivity contribution is 5.48. The van der Waals surface area contributed by atoms with Gasteiger partial charge in [0.05, 0.1) is 12.7 Å². The van der Waals surface area contributed by atoms with Crippen LogP contribution in [0.15, 0.2) is 24.3 Å². The lowest BCUT2D eigenvalue weighted by molar-refractivity contribution is 0.0772. The van der Waals surface area contributed by atoms with Gasteiger partial charge < -0.3 is 20.5 Å². The molecule has 4 heteroatoms. The van der Waals surface area contributed by atoms with Gasteiger partial charge in [-0.3, -0.25) is 0 Å². The molecule has 0 spiro atoms. The van der Waals surface area contributed by atoms with Gasteiger partial charge in [-0.1, -0.05) is 0 Å². The van der Waals surface area contributed by atoms with E-state index in [1.807, 2.05) is 36.2 Å². The van der Waals surface area contributed by atoms with E-state index in [0.717, 1.165) is 11.4 Å². The molecule has 1 unspecified atom stereocenters. The summed E-state index contributed by atoms with van der Waals surface area (Å²) >= 11 is 0. The average molecular weight is 224 g/mol. The highest BCUT2D eigenvalue weighted by Crippen LogP contribution is 2.19. The normalized spacial score (nSPS) is 14.3. The number of methoxy groups -OCH3 is 1. The summed E-state index contributed by atoms with van der Waals surface area (Å²) in [7, 11) is 3.56. The molecule has 1 aromatic rings. The second-order valence-corrected chi connectivity index (χ2v) is 4.26. The van der Waals surface area contributed by atoms with Crippen molar-refractivity contribution in [1.82, 2.24) is 0 Å². The zero-order chi connectivity index (χ0) is 12.2. The van der Waals surface area contributed by atoms with E-state index in [9.17, 15) is 5.11 Å². The Morgan fingerprint density at radius 2 is 1.94 bits per heavy atom. The minimum Gasteiger partial charge on any atom is -0.497 e. The smallest absolute Gasteiger partial charge is 0.119 e. The van der Waals surface area contributed by atoms with E-state index < -0.39 is 5.60 Å². The van der Waals surface area contributed by atoms with Crippen molar-refractivity contribution in [2.45, 2.75) is 12.5 Å². The van der Waals surface area contributed by atoms with Crippen molar-refractivity contribution in [3.8, 4) is 5.75 Å². The summed E-state index contributed by atoms with van der Waals surface area (Å²) in [6, 6.07) is 7.68. The number of nitrogens with zero attached hydrogens (tertiary/aromatic N) is 1. The standard InChI is InChI=1S/C12H20N2O2/c1-12(15,8-13)9-14(2)10-4-6-11(16-3)7-5-10/h4-7,15H,8-9,13H2,1-3H3. The number of ether oxygens (including phenoxy) is 1. The number of hydrogen-bond donors (Lipinski definition) is 2. The highest BCUT2D eigenvalue weighted by Gasteiger charge is 2.20. The van der Waals surface area contributed by atoms with Crippen molar-refractivity contribution in [2.24, 2.45) is 5.73 Å². The fourth-order valence-corrected chi connectivity index (χ4v) is 1.50. The predicted octanol–water partition coefficient (Wildman–Crippen LogP) is 0.841. The molecule has 0 fully saturated rings. The van der Waals surface area contributed by atoms with Crippen LogP contribution in [0.4, 0.5) is 5.69 Å². The maximum atomic E-state index is 9.86. The Morgan fingerprint density at radius 3 is 2.38 bits per heavy atom. The SMILES string of the molecule is COc1ccc(N(C)CC(C)(O)CN)cc1. The van der Waals surface area contributed by atoms with Crippen molar-refractivity contribution < 1.29 is 9.84 Å². The topological polar surface area (TPSA) is 58.7 Å². The number of likely N-dealkylation sites (N-methyl/N-ethyl adjacent to an activating group) is 1. The minimum absolute atomic E-state index is 0.244. The molecule has 0 aliphatic rings. The maximum absolute atomic E-state index is 9.86. The number of benzene rings is 1. The van der Waals surface area contributed by atoms with Crippen molar-refractivity contribution in [3.05, 3.63) is 24.3 Å². The Kier molecular flexibility index (Phi) is 4.15. The second-order valence-electron chi connectivity index (χ2n) is 4.26. The molecule has 1 atom stereocenters. The van der Waals surface area contributed by atoms with Crippen LogP contribution < -0.4 is 15.4 Å². The van der Waals surface area contributed by atoms with Crippen LogP contribution >= 0.6 is 0 Å². The number of aliphatic hydroxyl groups is 1. The quantitative estimate of drug-likeness (QED) is 0.778. The van der Waals surface area contributed by atoms with E-state index in [1.165, 1.54) is 0 Å². The Balaban J connectivity index is 2.69. The molecular weight excluding hydrogens is 204 g/mol. The fourth-order valence-electron chi connectivity index (χ4n) is 1.50. The molecule has 0 aliphatic heterocycles. The third-order valence-electron chi connectivity index (χ3n) is 2.53. The molecule has 0 radical (unpaired) electrons. The molecule has 4 nitrogen and oxygen atoms in total. The number of hydrogen-bond acceptors (Lipinski definition) is 4. The summed E-state index contributed by atoms with van der Waals surface area (Å²) in [5.41, 5.74) is 5.64. The lowest BCUT2D eigenvalue weighted by Gasteiger charge is -2.29. The third kappa shape index (κ3) is 3.40. The summed E-state index contributed by atoms with van der Waals surface area (Å²) in [4.78, 5) is 1.96. The summed E-state index contributed by atoms with van der Waals surface area (Å²) in [5, 5.41) is 9.86. The minimum atomic E-state index is -0.866. The first-order valence-electron chi connectivity index (χ1n) is 5.26. The first-order chi connectivity index (χ1) is 7.48. The molecule has 1 aromatic carbocycles. The molecular formula is C12H20N2O2. The van der Waals surface area contributed by atoms with Gasteiger partial charge in [-0.05, 0) is 31.2 Å². The van der Waals surface area contributed by atoms with Gasteiger partial charge in [0, 0.05) is 25.8 Å².